The molecule has 0 spiro atoms. The predicted octanol–water partition coefficient (Wildman–Crippen LogP) is 3.34. The van der Waals surface area contributed by atoms with Gasteiger partial charge < -0.3 is 9.80 Å². The number of amides is 1. The van der Waals surface area contributed by atoms with E-state index in [-0.39, 0.29) is 5.91 Å². The van der Waals surface area contributed by atoms with Crippen LogP contribution in [0.1, 0.15) is 35.3 Å². The van der Waals surface area contributed by atoms with Crippen LogP contribution < -0.4 is 4.90 Å². The average Bonchev–Trinajstić information content (AvgIpc) is 2.63. The van der Waals surface area contributed by atoms with Crippen LogP contribution in [0.25, 0.3) is 0 Å². The number of anilines is 1. The Morgan fingerprint density at radius 3 is 2.48 bits per heavy atom. The van der Waals surface area contributed by atoms with Gasteiger partial charge in [0.25, 0.3) is 5.91 Å². The fraction of sp³-hybridized carbons (Fsp3) is 0.368. The predicted molar refractivity (Wildman–Crippen MR) is 92.5 cm³/mol. The Hall–Kier alpha value is -2.36. The molecule has 0 bridgehead atoms. The van der Waals surface area contributed by atoms with E-state index in [2.05, 4.69) is 9.88 Å². The summed E-state index contributed by atoms with van der Waals surface area (Å²) in [4.78, 5) is 20.9. The molecule has 2 heterocycles. The van der Waals surface area contributed by atoms with E-state index in [0.29, 0.717) is 12.2 Å². The number of carbonyl (C=O) groups is 1. The standard InChI is InChI=1S/C19H23N3O/c1-21(15-16-8-4-2-5-9-16)19(23)18-11-10-17(14-20-18)22-12-6-3-7-13-22/h2,4-5,8-11,14H,3,6-7,12-13,15H2,1H3. The number of pyridine rings is 1. The Bertz CT molecular complexity index is 633. The second kappa shape index (κ2) is 7.27. The van der Waals surface area contributed by atoms with Crippen LogP contribution in [0.5, 0.6) is 0 Å². The zero-order chi connectivity index (χ0) is 16.1. The van der Waals surface area contributed by atoms with Gasteiger partial charge in [-0.25, -0.2) is 4.98 Å². The topological polar surface area (TPSA) is 36.4 Å². The lowest BCUT2D eigenvalue weighted by molar-refractivity contribution is 0.0779. The van der Waals surface area contributed by atoms with Crippen molar-refractivity contribution >= 4 is 11.6 Å². The van der Waals surface area contributed by atoms with E-state index in [9.17, 15) is 4.79 Å². The van der Waals surface area contributed by atoms with Crippen LogP contribution in [0, 0.1) is 0 Å². The van der Waals surface area contributed by atoms with Crippen molar-refractivity contribution in [1.29, 1.82) is 0 Å². The minimum atomic E-state index is -0.0425. The van der Waals surface area contributed by atoms with Gasteiger partial charge in [0.2, 0.25) is 0 Å². The van der Waals surface area contributed by atoms with E-state index >= 15 is 0 Å². The molecule has 0 radical (unpaired) electrons. The largest absolute Gasteiger partial charge is 0.370 e. The van der Waals surface area contributed by atoms with E-state index in [1.165, 1.54) is 19.3 Å². The second-order valence-electron chi connectivity index (χ2n) is 6.10. The van der Waals surface area contributed by atoms with E-state index in [1.54, 1.807) is 4.90 Å². The van der Waals surface area contributed by atoms with Crippen molar-refractivity contribution in [2.45, 2.75) is 25.8 Å². The summed E-state index contributed by atoms with van der Waals surface area (Å²) in [5, 5.41) is 0. The van der Waals surface area contributed by atoms with Gasteiger partial charge in [-0.2, -0.15) is 0 Å². The second-order valence-corrected chi connectivity index (χ2v) is 6.10. The highest BCUT2D eigenvalue weighted by atomic mass is 16.2. The number of nitrogens with zero attached hydrogens (tertiary/aromatic N) is 3. The van der Waals surface area contributed by atoms with Gasteiger partial charge in [0.15, 0.2) is 0 Å². The molecule has 1 fully saturated rings. The highest BCUT2D eigenvalue weighted by Gasteiger charge is 2.15. The van der Waals surface area contributed by atoms with Crippen molar-refractivity contribution in [3.63, 3.8) is 0 Å². The Labute approximate surface area is 137 Å². The summed E-state index contributed by atoms with van der Waals surface area (Å²) < 4.78 is 0. The molecular weight excluding hydrogens is 286 g/mol. The Morgan fingerprint density at radius 2 is 1.83 bits per heavy atom. The molecule has 0 aliphatic carbocycles. The lowest BCUT2D eigenvalue weighted by Crippen LogP contribution is -2.30. The molecule has 120 valence electrons. The molecule has 1 aromatic carbocycles. The summed E-state index contributed by atoms with van der Waals surface area (Å²) in [6.07, 6.45) is 5.61. The van der Waals surface area contributed by atoms with Crippen molar-refractivity contribution in [3.8, 4) is 0 Å². The lowest BCUT2D eigenvalue weighted by Gasteiger charge is -2.28. The fourth-order valence-electron chi connectivity index (χ4n) is 2.98. The van der Waals surface area contributed by atoms with E-state index in [1.807, 2.05) is 55.7 Å². The first-order chi connectivity index (χ1) is 11.2. The Balaban J connectivity index is 1.65. The summed E-state index contributed by atoms with van der Waals surface area (Å²) in [6.45, 7) is 2.76. The molecule has 0 atom stereocenters. The first-order valence-electron chi connectivity index (χ1n) is 8.24. The van der Waals surface area contributed by atoms with Crippen LogP contribution in [0.3, 0.4) is 0 Å². The molecule has 4 nitrogen and oxygen atoms in total. The van der Waals surface area contributed by atoms with Crippen molar-refractivity contribution in [2.75, 3.05) is 25.0 Å². The number of piperidine rings is 1. The molecule has 2 aromatic rings. The van der Waals surface area contributed by atoms with E-state index in [0.717, 1.165) is 24.3 Å². The summed E-state index contributed by atoms with van der Waals surface area (Å²) in [6, 6.07) is 13.9. The number of hydrogen-bond donors (Lipinski definition) is 0. The van der Waals surface area contributed by atoms with Crippen LogP contribution in [0.15, 0.2) is 48.7 Å². The number of aromatic nitrogens is 1. The van der Waals surface area contributed by atoms with Crippen LogP contribution in [0.4, 0.5) is 5.69 Å². The fourth-order valence-corrected chi connectivity index (χ4v) is 2.98. The summed E-state index contributed by atoms with van der Waals surface area (Å²) in [5.74, 6) is -0.0425. The zero-order valence-corrected chi connectivity index (χ0v) is 13.6. The maximum absolute atomic E-state index is 12.5. The van der Waals surface area contributed by atoms with Crippen molar-refractivity contribution in [1.82, 2.24) is 9.88 Å². The van der Waals surface area contributed by atoms with Gasteiger partial charge in [-0.15, -0.1) is 0 Å². The van der Waals surface area contributed by atoms with Gasteiger partial charge in [0.05, 0.1) is 11.9 Å². The molecule has 1 amide bonds. The third kappa shape index (κ3) is 3.89. The Kier molecular flexibility index (Phi) is 4.91. The number of carbonyl (C=O) groups excluding carboxylic acids is 1. The lowest BCUT2D eigenvalue weighted by atomic mass is 10.1. The van der Waals surface area contributed by atoms with Gasteiger partial charge in [-0.05, 0) is 37.0 Å². The Morgan fingerprint density at radius 1 is 1.09 bits per heavy atom. The van der Waals surface area contributed by atoms with Crippen LogP contribution >= 0.6 is 0 Å². The zero-order valence-electron chi connectivity index (χ0n) is 13.6. The van der Waals surface area contributed by atoms with Gasteiger partial charge in [0.1, 0.15) is 5.69 Å². The van der Waals surface area contributed by atoms with Crippen molar-refractivity contribution in [3.05, 3.63) is 59.9 Å². The molecule has 0 unspecified atom stereocenters. The first kappa shape index (κ1) is 15.5. The van der Waals surface area contributed by atoms with E-state index in [4.69, 9.17) is 0 Å². The molecule has 1 saturated heterocycles. The number of rotatable bonds is 4. The van der Waals surface area contributed by atoms with Gasteiger partial charge in [-0.3, -0.25) is 4.79 Å². The third-order valence-corrected chi connectivity index (χ3v) is 4.30. The molecule has 4 heteroatoms. The monoisotopic (exact) mass is 309 g/mol. The molecule has 1 aromatic heterocycles. The van der Waals surface area contributed by atoms with Gasteiger partial charge in [-0.1, -0.05) is 30.3 Å². The minimum absolute atomic E-state index is 0.0425. The quantitative estimate of drug-likeness (QED) is 0.869. The number of benzene rings is 1. The van der Waals surface area contributed by atoms with Crippen LogP contribution in [0.2, 0.25) is 0 Å². The summed E-state index contributed by atoms with van der Waals surface area (Å²) in [7, 11) is 1.82. The van der Waals surface area contributed by atoms with Crippen LogP contribution in [-0.2, 0) is 6.54 Å². The first-order valence-corrected chi connectivity index (χ1v) is 8.24. The number of hydrogen-bond acceptors (Lipinski definition) is 3. The SMILES string of the molecule is CN(Cc1ccccc1)C(=O)c1ccc(N2CCCCC2)cn1. The van der Waals surface area contributed by atoms with E-state index < -0.39 is 0 Å². The summed E-state index contributed by atoms with van der Waals surface area (Å²) >= 11 is 0. The molecular formula is C19H23N3O. The highest BCUT2D eigenvalue weighted by molar-refractivity contribution is 5.92. The molecule has 0 saturated carbocycles. The third-order valence-electron chi connectivity index (χ3n) is 4.30. The molecule has 1 aliphatic heterocycles. The highest BCUT2D eigenvalue weighted by Crippen LogP contribution is 2.19. The van der Waals surface area contributed by atoms with Crippen molar-refractivity contribution in [2.24, 2.45) is 0 Å². The van der Waals surface area contributed by atoms with Crippen LogP contribution in [-0.4, -0.2) is 35.9 Å². The molecule has 0 N–H and O–H groups in total. The maximum Gasteiger partial charge on any atom is 0.272 e. The van der Waals surface area contributed by atoms with Crippen molar-refractivity contribution < 1.29 is 4.79 Å². The van der Waals surface area contributed by atoms with Gasteiger partial charge >= 0.3 is 0 Å². The average molecular weight is 309 g/mol. The minimum Gasteiger partial charge on any atom is -0.370 e. The maximum atomic E-state index is 12.5. The smallest absolute Gasteiger partial charge is 0.272 e. The molecule has 3 rings (SSSR count). The van der Waals surface area contributed by atoms with Gasteiger partial charge in [0, 0.05) is 26.7 Å². The molecule has 1 aliphatic rings. The molecule has 23 heavy (non-hydrogen) atoms. The normalized spacial score (nSPS) is 14.6. The summed E-state index contributed by atoms with van der Waals surface area (Å²) in [5.41, 5.74) is 2.74.